The number of benzene rings is 3. The normalized spacial score (nSPS) is 12.2. The molecule has 8 heteroatoms. The molecule has 0 spiro atoms. The van der Waals surface area contributed by atoms with Gasteiger partial charge >= 0.3 is 11.9 Å². The molecule has 0 saturated heterocycles. The number of carbonyl (C=O) groups is 2. The summed E-state index contributed by atoms with van der Waals surface area (Å²) in [5.41, 5.74) is 2.83. The maximum atomic E-state index is 12.6. The zero-order valence-corrected chi connectivity index (χ0v) is 21.3. The molecule has 38 heavy (non-hydrogen) atoms. The minimum Gasteiger partial charge on any atom is -0.465 e. The van der Waals surface area contributed by atoms with Gasteiger partial charge in [0.1, 0.15) is 17.5 Å². The Balaban J connectivity index is 1.61. The van der Waals surface area contributed by atoms with Gasteiger partial charge in [0.15, 0.2) is 11.6 Å². The first-order valence-electron chi connectivity index (χ1n) is 12.6. The van der Waals surface area contributed by atoms with Crippen LogP contribution in [0.4, 0.5) is 0 Å². The molecule has 0 fully saturated rings. The topological polar surface area (TPSA) is 96.2 Å². The van der Waals surface area contributed by atoms with E-state index >= 15 is 0 Å². The summed E-state index contributed by atoms with van der Waals surface area (Å²) in [4.78, 5) is 39.0. The molecular weight excluding hydrogens is 480 g/mol. The molecule has 3 aromatic carbocycles. The van der Waals surface area contributed by atoms with Gasteiger partial charge in [0.25, 0.3) is 0 Å². The van der Waals surface area contributed by atoms with E-state index in [2.05, 4.69) is 51.9 Å². The average molecular weight is 509 g/mol. The Labute approximate surface area is 219 Å². The van der Waals surface area contributed by atoms with Crippen LogP contribution in [-0.2, 0) is 19.1 Å². The standard InChI is InChI=1S/C30H28N4O4/c1-4-20(16-25(29(35)37-5-2)30(36)38-6-3)34-18-33-27-26(31-17-32-28(27)34)24-15-19-11-7-8-12-21(19)22-13-9-10-14-23(22)24/h4,7-15,17-18,20,25H,1,5-6,16H2,2-3H3. The van der Waals surface area contributed by atoms with Gasteiger partial charge in [-0.3, -0.25) is 9.59 Å². The highest BCUT2D eigenvalue weighted by atomic mass is 16.6. The van der Waals surface area contributed by atoms with Crippen LogP contribution >= 0.6 is 0 Å². The second-order valence-electron chi connectivity index (χ2n) is 8.83. The fourth-order valence-corrected chi connectivity index (χ4v) is 4.88. The zero-order chi connectivity index (χ0) is 26.6. The molecule has 192 valence electrons. The average Bonchev–Trinajstić information content (AvgIpc) is 3.38. The van der Waals surface area contributed by atoms with Crippen molar-refractivity contribution in [2.75, 3.05) is 13.2 Å². The van der Waals surface area contributed by atoms with Gasteiger partial charge in [0, 0.05) is 5.56 Å². The summed E-state index contributed by atoms with van der Waals surface area (Å²) in [7, 11) is 0. The van der Waals surface area contributed by atoms with Crippen molar-refractivity contribution in [3.8, 4) is 11.3 Å². The third-order valence-corrected chi connectivity index (χ3v) is 6.63. The Morgan fingerprint density at radius 2 is 1.58 bits per heavy atom. The monoisotopic (exact) mass is 508 g/mol. The number of hydrogen-bond acceptors (Lipinski definition) is 7. The number of fused-ring (bicyclic) bond motifs is 4. The summed E-state index contributed by atoms with van der Waals surface area (Å²) in [5.74, 6) is -2.35. The first kappa shape index (κ1) is 25.1. The number of carbonyl (C=O) groups excluding carboxylic acids is 2. The highest BCUT2D eigenvalue weighted by molar-refractivity contribution is 6.14. The molecule has 5 aromatic rings. The molecule has 0 amide bonds. The van der Waals surface area contributed by atoms with E-state index in [1.54, 1.807) is 26.3 Å². The maximum absolute atomic E-state index is 12.6. The third kappa shape index (κ3) is 4.49. The van der Waals surface area contributed by atoms with Gasteiger partial charge in [-0.05, 0) is 47.9 Å². The van der Waals surface area contributed by atoms with Gasteiger partial charge in [-0.2, -0.15) is 0 Å². The van der Waals surface area contributed by atoms with Crippen molar-refractivity contribution in [1.29, 1.82) is 0 Å². The lowest BCUT2D eigenvalue weighted by Crippen LogP contribution is -2.30. The van der Waals surface area contributed by atoms with Gasteiger partial charge in [0.2, 0.25) is 0 Å². The van der Waals surface area contributed by atoms with Gasteiger partial charge in [0.05, 0.1) is 25.6 Å². The van der Waals surface area contributed by atoms with Crippen molar-refractivity contribution in [1.82, 2.24) is 19.5 Å². The van der Waals surface area contributed by atoms with E-state index in [0.717, 1.165) is 21.7 Å². The number of aromatic nitrogens is 4. The Kier molecular flexibility index (Phi) is 7.13. The summed E-state index contributed by atoms with van der Waals surface area (Å²) in [6.07, 6.45) is 4.92. The molecule has 1 unspecified atom stereocenters. The number of ether oxygens (including phenoxy) is 2. The first-order chi connectivity index (χ1) is 18.6. The van der Waals surface area contributed by atoms with Gasteiger partial charge in [-0.1, -0.05) is 54.6 Å². The lowest BCUT2D eigenvalue weighted by molar-refractivity contribution is -0.162. The molecular formula is C30H28N4O4. The maximum Gasteiger partial charge on any atom is 0.320 e. The van der Waals surface area contributed by atoms with Crippen molar-refractivity contribution in [2.45, 2.75) is 26.3 Å². The van der Waals surface area contributed by atoms with E-state index in [9.17, 15) is 9.59 Å². The molecule has 2 aromatic heterocycles. The number of imidazole rings is 1. The Bertz CT molecular complexity index is 1640. The van der Waals surface area contributed by atoms with Crippen molar-refractivity contribution >= 4 is 44.6 Å². The Hall–Kier alpha value is -4.59. The van der Waals surface area contributed by atoms with Crippen LogP contribution in [0.1, 0.15) is 26.3 Å². The summed E-state index contributed by atoms with van der Waals surface area (Å²) in [6.45, 7) is 7.67. The highest BCUT2D eigenvalue weighted by Gasteiger charge is 2.33. The second kappa shape index (κ2) is 10.8. The molecule has 0 saturated carbocycles. The van der Waals surface area contributed by atoms with Crippen LogP contribution < -0.4 is 0 Å². The lowest BCUT2D eigenvalue weighted by Gasteiger charge is -2.20. The van der Waals surface area contributed by atoms with E-state index in [1.165, 1.54) is 11.7 Å². The third-order valence-electron chi connectivity index (χ3n) is 6.63. The van der Waals surface area contributed by atoms with Crippen LogP contribution in [0.15, 0.2) is 79.9 Å². The first-order valence-corrected chi connectivity index (χ1v) is 12.6. The second-order valence-corrected chi connectivity index (χ2v) is 8.83. The van der Waals surface area contributed by atoms with E-state index < -0.39 is 23.9 Å². The largest absolute Gasteiger partial charge is 0.465 e. The van der Waals surface area contributed by atoms with Crippen molar-refractivity contribution in [2.24, 2.45) is 5.92 Å². The molecule has 0 radical (unpaired) electrons. The number of esters is 2. The molecule has 0 aliphatic rings. The SMILES string of the molecule is C=CC(CC(C(=O)OCC)C(=O)OCC)n1cnc2c(-c3cc4ccccc4c4ccccc34)ncnc21. The summed E-state index contributed by atoms with van der Waals surface area (Å²) < 4.78 is 12.1. The van der Waals surface area contributed by atoms with Gasteiger partial charge < -0.3 is 14.0 Å². The van der Waals surface area contributed by atoms with Crippen LogP contribution in [-0.4, -0.2) is 44.7 Å². The zero-order valence-electron chi connectivity index (χ0n) is 21.3. The van der Waals surface area contributed by atoms with Crippen molar-refractivity contribution in [3.05, 3.63) is 79.9 Å². The fourth-order valence-electron chi connectivity index (χ4n) is 4.88. The van der Waals surface area contributed by atoms with E-state index in [-0.39, 0.29) is 19.6 Å². The predicted molar refractivity (Wildman–Crippen MR) is 146 cm³/mol. The molecule has 2 heterocycles. The van der Waals surface area contributed by atoms with Crippen LogP contribution in [0.5, 0.6) is 0 Å². The number of rotatable bonds is 9. The molecule has 1 atom stereocenters. The Morgan fingerprint density at radius 3 is 2.26 bits per heavy atom. The Morgan fingerprint density at radius 1 is 0.921 bits per heavy atom. The molecule has 0 aliphatic carbocycles. The van der Waals surface area contributed by atoms with E-state index in [4.69, 9.17) is 9.47 Å². The molecule has 0 N–H and O–H groups in total. The van der Waals surface area contributed by atoms with Crippen molar-refractivity contribution in [3.63, 3.8) is 0 Å². The smallest absolute Gasteiger partial charge is 0.320 e. The lowest BCUT2D eigenvalue weighted by atomic mass is 9.95. The number of nitrogens with zero attached hydrogens (tertiary/aromatic N) is 4. The highest BCUT2D eigenvalue weighted by Crippen LogP contribution is 2.36. The summed E-state index contributed by atoms with van der Waals surface area (Å²) in [6, 6.07) is 18.1. The van der Waals surface area contributed by atoms with E-state index in [1.807, 2.05) is 28.8 Å². The quantitative estimate of drug-likeness (QED) is 0.110. The van der Waals surface area contributed by atoms with Crippen LogP contribution in [0.25, 0.3) is 44.0 Å². The summed E-state index contributed by atoms with van der Waals surface area (Å²) >= 11 is 0. The van der Waals surface area contributed by atoms with E-state index in [0.29, 0.717) is 16.9 Å². The van der Waals surface area contributed by atoms with Gasteiger partial charge in [-0.15, -0.1) is 6.58 Å². The number of hydrogen-bond donors (Lipinski definition) is 0. The van der Waals surface area contributed by atoms with Gasteiger partial charge in [-0.25, -0.2) is 15.0 Å². The molecule has 0 aliphatic heterocycles. The molecule has 5 rings (SSSR count). The van der Waals surface area contributed by atoms with Crippen LogP contribution in [0.3, 0.4) is 0 Å². The van der Waals surface area contributed by atoms with Crippen LogP contribution in [0, 0.1) is 5.92 Å². The molecule has 0 bridgehead atoms. The fraction of sp³-hybridized carbons (Fsp3) is 0.233. The minimum absolute atomic E-state index is 0.102. The number of allylic oxidation sites excluding steroid dienone is 1. The predicted octanol–water partition coefficient (Wildman–Crippen LogP) is 5.66. The van der Waals surface area contributed by atoms with Crippen molar-refractivity contribution < 1.29 is 19.1 Å². The van der Waals surface area contributed by atoms with Crippen LogP contribution in [0.2, 0.25) is 0 Å². The minimum atomic E-state index is -1.10. The molecule has 8 nitrogen and oxygen atoms in total. The summed E-state index contributed by atoms with van der Waals surface area (Å²) in [5, 5.41) is 4.45.